The summed E-state index contributed by atoms with van der Waals surface area (Å²) < 4.78 is 5.35. The van der Waals surface area contributed by atoms with Gasteiger partial charge in [0.15, 0.2) is 0 Å². The number of esters is 1. The summed E-state index contributed by atoms with van der Waals surface area (Å²) in [6, 6.07) is 22.6. The van der Waals surface area contributed by atoms with Gasteiger partial charge in [0, 0.05) is 18.0 Å². The molecule has 0 radical (unpaired) electrons. The molecule has 0 aliphatic carbocycles. The fourth-order valence-corrected chi connectivity index (χ4v) is 3.83. The van der Waals surface area contributed by atoms with Gasteiger partial charge in [0.1, 0.15) is 5.75 Å². The standard InChI is InChI=1S/C27H19ClN2O4/c28-21-6-3-5-19(16-21)20(17-29)15-18-10-12-22(13-11-18)34-25(31)9-4-14-30-26(32)23-7-1-2-8-24(23)27(30)33/h1-3,5-8,10-13,15-16H,4,9,14H2/b20-15-. The number of nitrogens with zero attached hydrogens (tertiary/aromatic N) is 2. The van der Waals surface area contributed by atoms with E-state index in [1.165, 1.54) is 0 Å². The maximum Gasteiger partial charge on any atom is 0.311 e. The normalized spacial score (nSPS) is 12.9. The minimum absolute atomic E-state index is 0.0579. The molecular formula is C27H19ClN2O4. The minimum Gasteiger partial charge on any atom is -0.427 e. The molecule has 0 spiro atoms. The molecule has 168 valence electrons. The molecule has 1 aliphatic rings. The van der Waals surface area contributed by atoms with Crippen LogP contribution in [0.2, 0.25) is 5.02 Å². The van der Waals surface area contributed by atoms with Crippen molar-refractivity contribution in [1.82, 2.24) is 4.90 Å². The molecule has 1 heterocycles. The quantitative estimate of drug-likeness (QED) is 0.152. The predicted octanol–water partition coefficient (Wildman–Crippen LogP) is 5.39. The summed E-state index contributed by atoms with van der Waals surface area (Å²) in [5.74, 6) is -0.778. The van der Waals surface area contributed by atoms with Gasteiger partial charge in [-0.25, -0.2) is 0 Å². The van der Waals surface area contributed by atoms with Gasteiger partial charge >= 0.3 is 5.97 Å². The van der Waals surface area contributed by atoms with Crippen molar-refractivity contribution in [3.05, 3.63) is 100 Å². The second-order valence-electron chi connectivity index (χ2n) is 7.63. The lowest BCUT2D eigenvalue weighted by atomic mass is 10.0. The van der Waals surface area contributed by atoms with Crippen molar-refractivity contribution in [2.45, 2.75) is 12.8 Å². The summed E-state index contributed by atoms with van der Waals surface area (Å²) in [5.41, 5.74) is 2.71. The van der Waals surface area contributed by atoms with E-state index in [0.29, 0.717) is 39.5 Å². The van der Waals surface area contributed by atoms with E-state index in [1.807, 2.05) is 0 Å². The van der Waals surface area contributed by atoms with Crippen molar-refractivity contribution in [1.29, 1.82) is 5.26 Å². The third-order valence-electron chi connectivity index (χ3n) is 5.32. The molecule has 7 heteroatoms. The number of carbonyl (C=O) groups is 3. The van der Waals surface area contributed by atoms with Crippen molar-refractivity contribution in [2.24, 2.45) is 0 Å². The number of fused-ring (bicyclic) bond motifs is 1. The molecule has 0 fully saturated rings. The minimum atomic E-state index is -0.462. The molecular weight excluding hydrogens is 452 g/mol. The first-order valence-corrected chi connectivity index (χ1v) is 11.0. The van der Waals surface area contributed by atoms with E-state index in [9.17, 15) is 19.6 Å². The predicted molar refractivity (Wildman–Crippen MR) is 128 cm³/mol. The van der Waals surface area contributed by atoms with Crippen molar-refractivity contribution in [2.75, 3.05) is 6.54 Å². The number of amides is 2. The van der Waals surface area contributed by atoms with Gasteiger partial charge in [-0.05, 0) is 60.0 Å². The first kappa shape index (κ1) is 23.0. The average molecular weight is 471 g/mol. The number of carbonyl (C=O) groups excluding carboxylic acids is 3. The maximum atomic E-state index is 12.4. The van der Waals surface area contributed by atoms with Crippen LogP contribution in [-0.4, -0.2) is 29.2 Å². The smallest absolute Gasteiger partial charge is 0.311 e. The van der Waals surface area contributed by atoms with E-state index < -0.39 is 5.97 Å². The molecule has 34 heavy (non-hydrogen) atoms. The van der Waals surface area contributed by atoms with Gasteiger partial charge in [0.05, 0.1) is 22.8 Å². The number of hydrogen-bond donors (Lipinski definition) is 0. The summed E-state index contributed by atoms with van der Waals surface area (Å²) >= 11 is 6.01. The average Bonchev–Trinajstić information content (AvgIpc) is 3.08. The summed E-state index contributed by atoms with van der Waals surface area (Å²) in [5, 5.41) is 10.0. The van der Waals surface area contributed by atoms with Crippen molar-refractivity contribution in [3.8, 4) is 11.8 Å². The van der Waals surface area contributed by atoms with E-state index in [1.54, 1.807) is 78.9 Å². The van der Waals surface area contributed by atoms with Gasteiger partial charge in [-0.1, -0.05) is 48.0 Å². The van der Waals surface area contributed by atoms with Crippen LogP contribution in [0.1, 0.15) is 44.7 Å². The number of rotatable bonds is 7. The topological polar surface area (TPSA) is 87.5 Å². The van der Waals surface area contributed by atoms with Crippen LogP contribution in [0.3, 0.4) is 0 Å². The first-order valence-electron chi connectivity index (χ1n) is 10.6. The van der Waals surface area contributed by atoms with E-state index >= 15 is 0 Å². The number of imide groups is 1. The molecule has 0 unspecified atom stereocenters. The van der Waals surface area contributed by atoms with Crippen LogP contribution in [0, 0.1) is 11.3 Å². The van der Waals surface area contributed by atoms with Crippen LogP contribution in [0.5, 0.6) is 5.75 Å². The molecule has 6 nitrogen and oxygen atoms in total. The monoisotopic (exact) mass is 470 g/mol. The summed E-state index contributed by atoms with van der Waals surface area (Å²) in [7, 11) is 0. The first-order chi connectivity index (χ1) is 16.5. The number of allylic oxidation sites excluding steroid dienone is 1. The Morgan fingerprint density at radius 3 is 2.26 bits per heavy atom. The summed E-state index contributed by atoms with van der Waals surface area (Å²) in [4.78, 5) is 38.1. The highest BCUT2D eigenvalue weighted by Gasteiger charge is 2.34. The van der Waals surface area contributed by atoms with Crippen LogP contribution in [0.15, 0.2) is 72.8 Å². The second-order valence-corrected chi connectivity index (χ2v) is 8.07. The number of nitriles is 1. The Bertz CT molecular complexity index is 1300. The van der Waals surface area contributed by atoms with E-state index in [2.05, 4.69) is 6.07 Å². The van der Waals surface area contributed by atoms with Crippen molar-refractivity contribution in [3.63, 3.8) is 0 Å². The molecule has 0 aromatic heterocycles. The lowest BCUT2D eigenvalue weighted by Gasteiger charge is -2.13. The molecule has 0 saturated carbocycles. The molecule has 0 bridgehead atoms. The molecule has 2 amide bonds. The fourth-order valence-electron chi connectivity index (χ4n) is 3.64. The van der Waals surface area contributed by atoms with E-state index in [4.69, 9.17) is 16.3 Å². The lowest BCUT2D eigenvalue weighted by Crippen LogP contribution is -2.31. The third kappa shape index (κ3) is 5.06. The van der Waals surface area contributed by atoms with Crippen LogP contribution in [0.4, 0.5) is 0 Å². The Kier molecular flexibility index (Phi) is 6.86. The zero-order chi connectivity index (χ0) is 24.1. The number of benzene rings is 3. The Labute approximate surface area is 201 Å². The molecule has 3 aromatic carbocycles. The van der Waals surface area contributed by atoms with Crippen LogP contribution in [0.25, 0.3) is 11.6 Å². The molecule has 3 aromatic rings. The summed E-state index contributed by atoms with van der Waals surface area (Å²) in [6.07, 6.45) is 2.08. The van der Waals surface area contributed by atoms with Gasteiger partial charge in [0.2, 0.25) is 0 Å². The zero-order valence-electron chi connectivity index (χ0n) is 18.0. The fraction of sp³-hybridized carbons (Fsp3) is 0.111. The molecule has 0 N–H and O–H groups in total. The van der Waals surface area contributed by atoms with E-state index in [-0.39, 0.29) is 24.8 Å². The molecule has 1 aliphatic heterocycles. The number of ether oxygens (including phenoxy) is 1. The van der Waals surface area contributed by atoms with Gasteiger partial charge in [-0.2, -0.15) is 5.26 Å². The Hall–Kier alpha value is -4.21. The second kappa shape index (κ2) is 10.2. The zero-order valence-corrected chi connectivity index (χ0v) is 18.8. The Morgan fingerprint density at radius 2 is 1.65 bits per heavy atom. The van der Waals surface area contributed by atoms with Crippen molar-refractivity contribution < 1.29 is 19.1 Å². The van der Waals surface area contributed by atoms with Crippen LogP contribution in [-0.2, 0) is 4.79 Å². The highest BCUT2D eigenvalue weighted by atomic mass is 35.5. The van der Waals surface area contributed by atoms with Gasteiger partial charge in [-0.15, -0.1) is 0 Å². The lowest BCUT2D eigenvalue weighted by molar-refractivity contribution is -0.134. The van der Waals surface area contributed by atoms with Gasteiger partial charge in [-0.3, -0.25) is 19.3 Å². The van der Waals surface area contributed by atoms with Gasteiger partial charge in [0.25, 0.3) is 11.8 Å². The maximum absolute atomic E-state index is 12.4. The third-order valence-corrected chi connectivity index (χ3v) is 5.55. The largest absolute Gasteiger partial charge is 0.427 e. The van der Waals surface area contributed by atoms with Crippen LogP contribution < -0.4 is 4.74 Å². The molecule has 0 saturated heterocycles. The number of hydrogen-bond acceptors (Lipinski definition) is 5. The SMILES string of the molecule is N#C/C(=C/c1ccc(OC(=O)CCCN2C(=O)c3ccccc3C2=O)cc1)c1cccc(Cl)c1. The van der Waals surface area contributed by atoms with Gasteiger partial charge < -0.3 is 4.74 Å². The highest BCUT2D eigenvalue weighted by molar-refractivity contribution is 6.30. The number of halogens is 1. The van der Waals surface area contributed by atoms with E-state index in [0.717, 1.165) is 10.5 Å². The molecule has 0 atom stereocenters. The Balaban J connectivity index is 1.31. The molecule has 4 rings (SSSR count). The van der Waals surface area contributed by atoms with Crippen molar-refractivity contribution >= 4 is 41.0 Å². The Morgan fingerprint density at radius 1 is 0.971 bits per heavy atom. The van der Waals surface area contributed by atoms with Crippen LogP contribution >= 0.6 is 11.6 Å². The summed E-state index contributed by atoms with van der Waals surface area (Å²) in [6.45, 7) is 0.144. The highest BCUT2D eigenvalue weighted by Crippen LogP contribution is 2.24.